The first kappa shape index (κ1) is 16.2. The number of fused-ring (bicyclic) bond motifs is 1. The van der Waals surface area contributed by atoms with E-state index >= 15 is 0 Å². The van der Waals surface area contributed by atoms with E-state index in [1.807, 2.05) is 22.7 Å². The number of primary amides is 1. The lowest BCUT2D eigenvalue weighted by molar-refractivity contribution is 0.0995. The van der Waals surface area contributed by atoms with E-state index in [0.717, 1.165) is 5.69 Å². The summed E-state index contributed by atoms with van der Waals surface area (Å²) in [6.45, 7) is 1.83. The highest BCUT2D eigenvalue weighted by molar-refractivity contribution is 5.90. The van der Waals surface area contributed by atoms with Crippen LogP contribution in [-0.4, -0.2) is 46.9 Å². The predicted molar refractivity (Wildman–Crippen MR) is 91.1 cm³/mol. The molecule has 3 aromatic rings. The molecule has 3 aromatic heterocycles. The van der Waals surface area contributed by atoms with E-state index < -0.39 is 12.0 Å². The Morgan fingerprint density at radius 2 is 2.19 bits per heavy atom. The van der Waals surface area contributed by atoms with Gasteiger partial charge in [0.25, 0.3) is 5.91 Å². The molecule has 0 aliphatic carbocycles. The van der Waals surface area contributed by atoms with Gasteiger partial charge in [0.15, 0.2) is 6.10 Å². The van der Waals surface area contributed by atoms with Crippen LogP contribution in [0.25, 0.3) is 0 Å². The van der Waals surface area contributed by atoms with Crippen LogP contribution in [-0.2, 0) is 20.1 Å². The number of hydrogen-bond acceptors (Lipinski definition) is 7. The van der Waals surface area contributed by atoms with Crippen molar-refractivity contribution in [1.29, 1.82) is 0 Å². The second kappa shape index (κ2) is 6.23. The first-order valence-corrected chi connectivity index (χ1v) is 8.11. The quantitative estimate of drug-likeness (QED) is 0.653. The maximum absolute atomic E-state index is 11.3. The third-order valence-corrected chi connectivity index (χ3v) is 4.40. The van der Waals surface area contributed by atoms with Gasteiger partial charge >= 0.3 is 0 Å². The van der Waals surface area contributed by atoms with Gasteiger partial charge in [-0.2, -0.15) is 5.10 Å². The highest BCUT2D eigenvalue weighted by atomic mass is 16.3. The Morgan fingerprint density at radius 3 is 2.92 bits per heavy atom. The van der Waals surface area contributed by atoms with Gasteiger partial charge in [0.05, 0.1) is 36.9 Å². The summed E-state index contributed by atoms with van der Waals surface area (Å²) in [5, 5.41) is 15.0. The predicted octanol–water partition coefficient (Wildman–Crippen LogP) is -0.393. The molecule has 0 fully saturated rings. The normalized spacial score (nSPS) is 14.9. The number of imidazole rings is 1. The van der Waals surface area contributed by atoms with Gasteiger partial charge in [-0.05, 0) is 6.07 Å². The molecular weight excluding hydrogens is 336 g/mol. The summed E-state index contributed by atoms with van der Waals surface area (Å²) in [6, 6.07) is 1.86. The van der Waals surface area contributed by atoms with Crippen molar-refractivity contribution in [3.05, 3.63) is 53.8 Å². The third kappa shape index (κ3) is 2.80. The molecule has 134 valence electrons. The highest BCUT2D eigenvalue weighted by Crippen LogP contribution is 2.24. The number of rotatable bonds is 4. The number of carbonyl (C=O) groups is 1. The van der Waals surface area contributed by atoms with E-state index in [2.05, 4.69) is 20.1 Å². The summed E-state index contributed by atoms with van der Waals surface area (Å²) in [4.78, 5) is 25.8. The van der Waals surface area contributed by atoms with Crippen molar-refractivity contribution in [3.8, 4) is 0 Å². The first-order chi connectivity index (χ1) is 12.5. The lowest BCUT2D eigenvalue weighted by Crippen LogP contribution is -2.34. The number of carbonyl (C=O) groups excluding carboxylic acids is 1. The van der Waals surface area contributed by atoms with Crippen LogP contribution in [0.3, 0.4) is 0 Å². The van der Waals surface area contributed by atoms with Crippen molar-refractivity contribution in [2.45, 2.75) is 19.2 Å². The van der Waals surface area contributed by atoms with Crippen LogP contribution < -0.4 is 10.6 Å². The van der Waals surface area contributed by atoms with E-state index in [1.165, 1.54) is 6.20 Å². The number of nitrogens with zero attached hydrogens (tertiary/aromatic N) is 7. The Kier molecular flexibility index (Phi) is 3.88. The van der Waals surface area contributed by atoms with Crippen LogP contribution in [0.4, 0.5) is 5.82 Å². The monoisotopic (exact) mass is 354 g/mol. The number of aromatic nitrogens is 6. The minimum Gasteiger partial charge on any atom is -0.379 e. The van der Waals surface area contributed by atoms with Crippen molar-refractivity contribution in [2.24, 2.45) is 12.8 Å². The summed E-state index contributed by atoms with van der Waals surface area (Å²) >= 11 is 0. The zero-order valence-corrected chi connectivity index (χ0v) is 14.1. The van der Waals surface area contributed by atoms with Crippen LogP contribution in [0.5, 0.6) is 0 Å². The van der Waals surface area contributed by atoms with Gasteiger partial charge in [-0.15, -0.1) is 0 Å². The van der Waals surface area contributed by atoms with Crippen molar-refractivity contribution in [3.63, 3.8) is 0 Å². The maximum Gasteiger partial charge on any atom is 0.268 e. The molecule has 3 N–H and O–H groups in total. The largest absolute Gasteiger partial charge is 0.379 e. The van der Waals surface area contributed by atoms with Gasteiger partial charge < -0.3 is 20.3 Å². The summed E-state index contributed by atoms with van der Waals surface area (Å²) in [7, 11) is 1.83. The fourth-order valence-electron chi connectivity index (χ4n) is 3.02. The molecule has 0 aromatic carbocycles. The van der Waals surface area contributed by atoms with E-state index in [4.69, 9.17) is 5.73 Å². The molecule has 0 spiro atoms. The standard InChI is InChI=1S/C16H18N8O2/c1-22-3-2-19-16(22)14(25)11-6-10-9-23(4-5-24(10)21-11)13-8-18-7-12(20-13)15(17)26/h2-3,6-8,14,25H,4-5,9H2,1H3,(H2,17,26)/t14-/m0/s1. The minimum absolute atomic E-state index is 0.132. The fourth-order valence-corrected chi connectivity index (χ4v) is 3.02. The Morgan fingerprint density at radius 1 is 1.35 bits per heavy atom. The molecule has 10 heteroatoms. The van der Waals surface area contributed by atoms with E-state index in [9.17, 15) is 9.90 Å². The van der Waals surface area contributed by atoms with Gasteiger partial charge in [-0.1, -0.05) is 0 Å². The van der Waals surface area contributed by atoms with Crippen molar-refractivity contribution in [1.82, 2.24) is 29.3 Å². The second-order valence-corrected chi connectivity index (χ2v) is 6.13. The lowest BCUT2D eigenvalue weighted by Gasteiger charge is -2.28. The van der Waals surface area contributed by atoms with Gasteiger partial charge in [-0.3, -0.25) is 14.5 Å². The van der Waals surface area contributed by atoms with E-state index in [0.29, 0.717) is 37.0 Å². The van der Waals surface area contributed by atoms with Crippen LogP contribution in [0, 0.1) is 0 Å². The molecule has 26 heavy (non-hydrogen) atoms. The molecule has 1 aliphatic rings. The van der Waals surface area contributed by atoms with Crippen molar-refractivity contribution < 1.29 is 9.90 Å². The second-order valence-electron chi connectivity index (χ2n) is 6.13. The van der Waals surface area contributed by atoms with Crippen molar-refractivity contribution >= 4 is 11.7 Å². The molecule has 1 aliphatic heterocycles. The molecule has 0 radical (unpaired) electrons. The zero-order chi connectivity index (χ0) is 18.3. The molecular formula is C16H18N8O2. The lowest BCUT2D eigenvalue weighted by atomic mass is 10.2. The average molecular weight is 354 g/mol. The molecule has 1 atom stereocenters. The molecule has 0 saturated heterocycles. The summed E-state index contributed by atoms with van der Waals surface area (Å²) in [5.41, 5.74) is 6.89. The molecule has 0 unspecified atom stereocenters. The van der Waals surface area contributed by atoms with E-state index in [1.54, 1.807) is 23.2 Å². The Labute approximate surface area is 148 Å². The van der Waals surface area contributed by atoms with Gasteiger partial charge in [-0.25, -0.2) is 9.97 Å². The minimum atomic E-state index is -0.889. The average Bonchev–Trinajstić information content (AvgIpc) is 3.26. The molecule has 4 heterocycles. The zero-order valence-electron chi connectivity index (χ0n) is 14.1. The number of anilines is 1. The Hall–Kier alpha value is -3.27. The smallest absolute Gasteiger partial charge is 0.268 e. The van der Waals surface area contributed by atoms with Crippen LogP contribution in [0.15, 0.2) is 30.9 Å². The van der Waals surface area contributed by atoms with Gasteiger partial charge in [0.1, 0.15) is 17.3 Å². The maximum atomic E-state index is 11.3. The van der Waals surface area contributed by atoms with Crippen molar-refractivity contribution in [2.75, 3.05) is 11.4 Å². The highest BCUT2D eigenvalue weighted by Gasteiger charge is 2.24. The van der Waals surface area contributed by atoms with Crippen LogP contribution in [0.2, 0.25) is 0 Å². The number of nitrogens with two attached hydrogens (primary N) is 1. The number of aliphatic hydroxyl groups is 1. The number of amides is 1. The first-order valence-electron chi connectivity index (χ1n) is 8.11. The van der Waals surface area contributed by atoms with Crippen LogP contribution in [0.1, 0.15) is 33.8 Å². The molecule has 10 nitrogen and oxygen atoms in total. The number of aliphatic hydroxyl groups excluding tert-OH is 1. The third-order valence-electron chi connectivity index (χ3n) is 4.40. The molecule has 0 bridgehead atoms. The summed E-state index contributed by atoms with van der Waals surface area (Å²) in [6.07, 6.45) is 5.48. The fraction of sp³-hybridized carbons (Fsp3) is 0.312. The Balaban J connectivity index is 1.58. The summed E-state index contributed by atoms with van der Waals surface area (Å²) < 4.78 is 3.63. The molecule has 1 amide bonds. The van der Waals surface area contributed by atoms with Crippen LogP contribution >= 0.6 is 0 Å². The Bertz CT molecular complexity index is 963. The number of hydrogen-bond donors (Lipinski definition) is 2. The number of aryl methyl sites for hydroxylation is 1. The molecule has 0 saturated carbocycles. The summed E-state index contributed by atoms with van der Waals surface area (Å²) in [5.74, 6) is 0.513. The topological polar surface area (TPSA) is 128 Å². The van der Waals surface area contributed by atoms with Gasteiger partial charge in [0, 0.05) is 26.0 Å². The SMILES string of the molecule is Cn1ccnc1[C@@H](O)c1cc2n(n1)CCN(c1cncc(C(N)=O)n1)C2. The van der Waals surface area contributed by atoms with Gasteiger partial charge in [0.2, 0.25) is 0 Å². The molecule has 4 rings (SSSR count). The van der Waals surface area contributed by atoms with E-state index in [-0.39, 0.29) is 5.69 Å².